The molecule has 2 fully saturated rings. The molecule has 0 aromatic rings. The third kappa shape index (κ3) is 0.845. The predicted molar refractivity (Wildman–Crippen MR) is 42.7 cm³/mol. The molecule has 0 spiro atoms. The Hall–Kier alpha value is -1.03. The van der Waals surface area contributed by atoms with Crippen molar-refractivity contribution >= 4 is 6.03 Å². The highest BCUT2D eigenvalue weighted by Crippen LogP contribution is 2.28. The number of hydrogen-bond donors (Lipinski definition) is 1. The number of carbonyl (C=O) groups excluding carboxylic acids is 1. The normalized spacial score (nSPS) is 34.2. The molecule has 0 saturated carbocycles. The molecule has 4 nitrogen and oxygen atoms in total. The van der Waals surface area contributed by atoms with E-state index in [1.165, 1.54) is 0 Å². The third-order valence-corrected chi connectivity index (χ3v) is 2.66. The summed E-state index contributed by atoms with van der Waals surface area (Å²) >= 11 is 0. The Balaban J connectivity index is 2.22. The molecule has 2 aliphatic heterocycles. The maximum absolute atomic E-state index is 11.3. The Labute approximate surface area is 71.0 Å². The lowest BCUT2D eigenvalue weighted by Gasteiger charge is -2.27. The minimum Gasteiger partial charge on any atom is -0.314 e. The average Bonchev–Trinajstić information content (AvgIpc) is 2.33. The van der Waals surface area contributed by atoms with Crippen molar-refractivity contribution in [1.29, 1.82) is 0 Å². The van der Waals surface area contributed by atoms with Gasteiger partial charge in [-0.1, -0.05) is 6.08 Å². The summed E-state index contributed by atoms with van der Waals surface area (Å²) in [6.07, 6.45) is 3.56. The summed E-state index contributed by atoms with van der Waals surface area (Å²) < 4.78 is 0. The first-order valence-corrected chi connectivity index (χ1v) is 4.15. The quantitative estimate of drug-likeness (QED) is 0.465. The second-order valence-electron chi connectivity index (χ2n) is 3.31. The summed E-state index contributed by atoms with van der Waals surface area (Å²) in [4.78, 5) is 13.0. The van der Waals surface area contributed by atoms with Crippen molar-refractivity contribution < 1.29 is 10.0 Å². The summed E-state index contributed by atoms with van der Waals surface area (Å²) in [5.74, 6) is 0. The fourth-order valence-electron chi connectivity index (χ4n) is 1.93. The van der Waals surface area contributed by atoms with Gasteiger partial charge in [-0.05, 0) is 12.8 Å². The average molecular weight is 168 g/mol. The number of hydroxylamine groups is 2. The number of hydrogen-bond acceptors (Lipinski definition) is 2. The Kier molecular flexibility index (Phi) is 1.58. The molecule has 1 N–H and O–H groups in total. The van der Waals surface area contributed by atoms with Crippen LogP contribution in [0.15, 0.2) is 12.7 Å². The second kappa shape index (κ2) is 2.48. The molecule has 0 aromatic heterocycles. The van der Waals surface area contributed by atoms with Gasteiger partial charge >= 0.3 is 6.03 Å². The van der Waals surface area contributed by atoms with Gasteiger partial charge in [0.2, 0.25) is 0 Å². The lowest BCUT2D eigenvalue weighted by molar-refractivity contribution is -0.0583. The van der Waals surface area contributed by atoms with Crippen molar-refractivity contribution in [1.82, 2.24) is 9.96 Å². The van der Waals surface area contributed by atoms with Crippen LogP contribution >= 0.6 is 0 Å². The molecule has 2 atom stereocenters. The summed E-state index contributed by atoms with van der Waals surface area (Å²) in [6.45, 7) is 4.31. The van der Waals surface area contributed by atoms with E-state index in [2.05, 4.69) is 6.58 Å². The van der Waals surface area contributed by atoms with Gasteiger partial charge in [-0.25, -0.2) is 9.86 Å². The van der Waals surface area contributed by atoms with E-state index in [0.717, 1.165) is 17.9 Å². The van der Waals surface area contributed by atoms with Crippen LogP contribution in [0, 0.1) is 0 Å². The molecule has 2 saturated heterocycles. The fourth-order valence-corrected chi connectivity index (χ4v) is 1.93. The van der Waals surface area contributed by atoms with E-state index in [1.807, 2.05) is 0 Å². The smallest absolute Gasteiger partial charge is 0.314 e. The molecule has 0 aromatic carbocycles. The SMILES string of the molecule is C=CC1CCC2CN1C(=O)N2O. The molecule has 66 valence electrons. The minimum atomic E-state index is -0.276. The van der Waals surface area contributed by atoms with E-state index in [4.69, 9.17) is 0 Å². The number of amides is 2. The van der Waals surface area contributed by atoms with Gasteiger partial charge in [0.05, 0.1) is 12.1 Å². The predicted octanol–water partition coefficient (Wildman–Crippen LogP) is 0.830. The zero-order valence-electron chi connectivity index (χ0n) is 6.81. The van der Waals surface area contributed by atoms with Gasteiger partial charge in [0.15, 0.2) is 0 Å². The van der Waals surface area contributed by atoms with E-state index in [-0.39, 0.29) is 18.1 Å². The molecular formula is C8H12N2O2. The van der Waals surface area contributed by atoms with Crippen LogP contribution in [0.2, 0.25) is 0 Å². The molecule has 2 aliphatic rings. The van der Waals surface area contributed by atoms with Crippen LogP contribution in [-0.4, -0.2) is 39.8 Å². The van der Waals surface area contributed by atoms with Crippen LogP contribution < -0.4 is 0 Å². The van der Waals surface area contributed by atoms with E-state index >= 15 is 0 Å². The number of rotatable bonds is 1. The van der Waals surface area contributed by atoms with Crippen molar-refractivity contribution in [2.75, 3.05) is 6.54 Å². The monoisotopic (exact) mass is 168 g/mol. The molecule has 0 radical (unpaired) electrons. The molecule has 2 heterocycles. The zero-order chi connectivity index (χ0) is 8.72. The highest BCUT2D eigenvalue weighted by Gasteiger charge is 2.43. The van der Waals surface area contributed by atoms with Gasteiger partial charge in [0.1, 0.15) is 0 Å². The van der Waals surface area contributed by atoms with E-state index < -0.39 is 0 Å². The van der Waals surface area contributed by atoms with Crippen molar-refractivity contribution in [2.24, 2.45) is 0 Å². The van der Waals surface area contributed by atoms with Crippen LogP contribution in [0.5, 0.6) is 0 Å². The first-order chi connectivity index (χ1) is 5.74. The Morgan fingerprint density at radius 1 is 1.58 bits per heavy atom. The van der Waals surface area contributed by atoms with E-state index in [0.29, 0.717) is 6.54 Å². The summed E-state index contributed by atoms with van der Waals surface area (Å²) in [5, 5.41) is 10.1. The maximum atomic E-state index is 11.3. The lowest BCUT2D eigenvalue weighted by atomic mass is 10.0. The fraction of sp³-hybridized carbons (Fsp3) is 0.625. The van der Waals surface area contributed by atoms with Crippen molar-refractivity contribution in [3.05, 3.63) is 12.7 Å². The highest BCUT2D eigenvalue weighted by molar-refractivity contribution is 5.76. The number of urea groups is 1. The molecule has 2 amide bonds. The number of fused-ring (bicyclic) bond motifs is 2. The van der Waals surface area contributed by atoms with Gasteiger partial charge in [-0.2, -0.15) is 0 Å². The molecule has 2 bridgehead atoms. The first kappa shape index (κ1) is 7.61. The van der Waals surface area contributed by atoms with Crippen LogP contribution in [0.3, 0.4) is 0 Å². The van der Waals surface area contributed by atoms with E-state index in [9.17, 15) is 10.0 Å². The summed E-state index contributed by atoms with van der Waals surface area (Å²) in [7, 11) is 0. The summed E-state index contributed by atoms with van der Waals surface area (Å²) in [6, 6.07) is -0.151. The maximum Gasteiger partial charge on any atom is 0.344 e. The molecular weight excluding hydrogens is 156 g/mol. The lowest BCUT2D eigenvalue weighted by Crippen LogP contribution is -2.38. The van der Waals surface area contributed by atoms with Gasteiger partial charge in [0, 0.05) is 6.54 Å². The summed E-state index contributed by atoms with van der Waals surface area (Å²) in [5.41, 5.74) is 0. The van der Waals surface area contributed by atoms with Crippen molar-refractivity contribution in [3.8, 4) is 0 Å². The van der Waals surface area contributed by atoms with Crippen LogP contribution in [0.4, 0.5) is 4.79 Å². The molecule has 0 aliphatic carbocycles. The number of nitrogens with zero attached hydrogens (tertiary/aromatic N) is 2. The standard InChI is InChI=1S/C8H12N2O2/c1-2-6-3-4-7-5-9(6)8(11)10(7)12/h2,6-7,12H,1,3-5H2. The molecule has 2 rings (SSSR count). The number of carbonyl (C=O) groups is 1. The molecule has 2 unspecified atom stereocenters. The topological polar surface area (TPSA) is 43.8 Å². The van der Waals surface area contributed by atoms with Crippen molar-refractivity contribution in [3.63, 3.8) is 0 Å². The minimum absolute atomic E-state index is 0.00806. The van der Waals surface area contributed by atoms with Gasteiger partial charge in [-0.15, -0.1) is 6.58 Å². The Morgan fingerprint density at radius 2 is 2.33 bits per heavy atom. The Morgan fingerprint density at radius 3 is 3.00 bits per heavy atom. The largest absolute Gasteiger partial charge is 0.344 e. The van der Waals surface area contributed by atoms with Crippen LogP contribution in [0.25, 0.3) is 0 Å². The van der Waals surface area contributed by atoms with Crippen LogP contribution in [0.1, 0.15) is 12.8 Å². The molecule has 4 heteroatoms. The van der Waals surface area contributed by atoms with Crippen molar-refractivity contribution in [2.45, 2.75) is 24.9 Å². The Bertz CT molecular complexity index is 229. The van der Waals surface area contributed by atoms with Crippen LogP contribution in [-0.2, 0) is 0 Å². The van der Waals surface area contributed by atoms with Gasteiger partial charge in [-0.3, -0.25) is 5.21 Å². The first-order valence-electron chi connectivity index (χ1n) is 4.15. The van der Waals surface area contributed by atoms with E-state index in [1.54, 1.807) is 11.0 Å². The molecule has 12 heavy (non-hydrogen) atoms. The number of piperidine rings is 1. The zero-order valence-corrected chi connectivity index (χ0v) is 6.81. The van der Waals surface area contributed by atoms with Gasteiger partial charge < -0.3 is 4.90 Å². The van der Waals surface area contributed by atoms with Gasteiger partial charge in [0.25, 0.3) is 0 Å². The second-order valence-corrected chi connectivity index (χ2v) is 3.31. The third-order valence-electron chi connectivity index (χ3n) is 2.66. The highest BCUT2D eigenvalue weighted by atomic mass is 16.5.